The lowest BCUT2D eigenvalue weighted by Crippen LogP contribution is -2.50. The number of nitrogens with zero attached hydrogens (tertiary/aromatic N) is 2. The van der Waals surface area contributed by atoms with E-state index >= 15 is 0 Å². The summed E-state index contributed by atoms with van der Waals surface area (Å²) in [6.45, 7) is 4.38. The molecule has 1 amide bonds. The van der Waals surface area contributed by atoms with E-state index in [1.807, 2.05) is 4.90 Å². The third-order valence-corrected chi connectivity index (χ3v) is 3.77. The summed E-state index contributed by atoms with van der Waals surface area (Å²) in [7, 11) is 0. The smallest absolute Gasteiger partial charge is 0.387 e. The van der Waals surface area contributed by atoms with Crippen LogP contribution in [-0.2, 0) is 9.53 Å². The number of para-hydroxylation sites is 1. The first kappa shape index (κ1) is 20.1. The lowest BCUT2D eigenvalue weighted by molar-refractivity contribution is -0.156. The number of esters is 1. The number of hydrogen-bond acceptors (Lipinski definition) is 5. The molecule has 0 aromatic heterocycles. The van der Waals surface area contributed by atoms with Gasteiger partial charge in [-0.15, -0.1) is 0 Å². The summed E-state index contributed by atoms with van der Waals surface area (Å²) in [6.07, 6.45) is 0. The van der Waals surface area contributed by atoms with Crippen molar-refractivity contribution in [3.05, 3.63) is 29.8 Å². The first-order valence-corrected chi connectivity index (χ1v) is 8.43. The molecule has 0 spiro atoms. The normalized spacial score (nSPS) is 15.8. The number of carbonyl (C=O) groups excluding carboxylic acids is 2. The van der Waals surface area contributed by atoms with Crippen LogP contribution in [0.15, 0.2) is 24.3 Å². The number of carbonyl (C=O) groups is 2. The van der Waals surface area contributed by atoms with Gasteiger partial charge < -0.3 is 14.4 Å². The third kappa shape index (κ3) is 5.94. The van der Waals surface area contributed by atoms with Crippen LogP contribution in [-0.4, -0.2) is 66.6 Å². The number of piperazine rings is 1. The maximum Gasteiger partial charge on any atom is 0.387 e. The van der Waals surface area contributed by atoms with Gasteiger partial charge >= 0.3 is 12.6 Å². The summed E-state index contributed by atoms with van der Waals surface area (Å²) < 4.78 is 34.7. The van der Waals surface area contributed by atoms with E-state index in [9.17, 15) is 18.4 Å². The molecule has 0 aliphatic carbocycles. The van der Waals surface area contributed by atoms with Crippen LogP contribution in [0.4, 0.5) is 8.78 Å². The van der Waals surface area contributed by atoms with Crippen LogP contribution >= 0.6 is 0 Å². The van der Waals surface area contributed by atoms with Gasteiger partial charge in [-0.3, -0.25) is 14.5 Å². The van der Waals surface area contributed by atoms with Crippen molar-refractivity contribution in [1.29, 1.82) is 0 Å². The highest BCUT2D eigenvalue weighted by atomic mass is 19.3. The fourth-order valence-corrected chi connectivity index (χ4v) is 2.68. The standard InChI is InChI=1S/C18H24F2N2O4/c1-18(2,3)26-15(23)12-21-8-10-22(11-9-21)16(24)13-6-4-5-7-14(13)25-17(19)20/h4-7,17H,8-12H2,1-3H3. The second-order valence-electron chi connectivity index (χ2n) is 7.03. The molecule has 26 heavy (non-hydrogen) atoms. The maximum atomic E-state index is 12.6. The van der Waals surface area contributed by atoms with E-state index in [-0.39, 0.29) is 29.7 Å². The second-order valence-corrected chi connectivity index (χ2v) is 7.03. The molecule has 1 fully saturated rings. The molecule has 1 heterocycles. The van der Waals surface area contributed by atoms with Gasteiger partial charge in [-0.1, -0.05) is 12.1 Å². The van der Waals surface area contributed by atoms with Crippen molar-refractivity contribution >= 4 is 11.9 Å². The molecule has 0 radical (unpaired) electrons. The van der Waals surface area contributed by atoms with Crippen LogP contribution in [0, 0.1) is 0 Å². The Morgan fingerprint density at radius 3 is 2.31 bits per heavy atom. The van der Waals surface area contributed by atoms with Gasteiger partial charge in [0.2, 0.25) is 0 Å². The summed E-state index contributed by atoms with van der Waals surface area (Å²) in [5.74, 6) is -0.810. The van der Waals surface area contributed by atoms with Gasteiger partial charge in [0.05, 0.1) is 12.1 Å². The summed E-state index contributed by atoms with van der Waals surface area (Å²) >= 11 is 0. The zero-order chi connectivity index (χ0) is 19.3. The van der Waals surface area contributed by atoms with Gasteiger partial charge in [0.1, 0.15) is 11.4 Å². The van der Waals surface area contributed by atoms with Gasteiger partial charge in [-0.2, -0.15) is 8.78 Å². The van der Waals surface area contributed by atoms with Crippen molar-refractivity contribution in [2.75, 3.05) is 32.7 Å². The van der Waals surface area contributed by atoms with Crippen LogP contribution in [0.25, 0.3) is 0 Å². The van der Waals surface area contributed by atoms with E-state index in [0.717, 1.165) is 0 Å². The molecule has 0 atom stereocenters. The van der Waals surface area contributed by atoms with Crippen LogP contribution in [0.5, 0.6) is 5.75 Å². The molecular weight excluding hydrogens is 346 g/mol. The van der Waals surface area contributed by atoms with Crippen molar-refractivity contribution in [3.63, 3.8) is 0 Å². The number of alkyl halides is 2. The number of halogens is 2. The van der Waals surface area contributed by atoms with Crippen LogP contribution < -0.4 is 4.74 Å². The molecule has 1 aromatic rings. The Bertz CT molecular complexity index is 638. The Morgan fingerprint density at radius 2 is 1.73 bits per heavy atom. The average molecular weight is 370 g/mol. The van der Waals surface area contributed by atoms with E-state index < -0.39 is 12.2 Å². The first-order valence-electron chi connectivity index (χ1n) is 8.43. The van der Waals surface area contributed by atoms with Crippen LogP contribution in [0.2, 0.25) is 0 Å². The Kier molecular flexibility index (Phi) is 6.52. The van der Waals surface area contributed by atoms with Crippen molar-refractivity contribution in [2.45, 2.75) is 33.0 Å². The number of ether oxygens (including phenoxy) is 2. The molecule has 6 nitrogen and oxygen atoms in total. The predicted octanol–water partition coefficient (Wildman–Crippen LogP) is 2.39. The van der Waals surface area contributed by atoms with Gasteiger partial charge in [0, 0.05) is 26.2 Å². The van der Waals surface area contributed by atoms with Crippen molar-refractivity contribution in [3.8, 4) is 5.75 Å². The van der Waals surface area contributed by atoms with Gasteiger partial charge in [-0.05, 0) is 32.9 Å². The lowest BCUT2D eigenvalue weighted by Gasteiger charge is -2.34. The molecule has 1 aromatic carbocycles. The number of rotatable bonds is 5. The SMILES string of the molecule is CC(C)(C)OC(=O)CN1CCN(C(=O)c2ccccc2OC(F)F)CC1. The topological polar surface area (TPSA) is 59.1 Å². The van der Waals surface area contributed by atoms with E-state index in [1.165, 1.54) is 18.2 Å². The fourth-order valence-electron chi connectivity index (χ4n) is 2.68. The number of amides is 1. The molecule has 144 valence electrons. The molecule has 0 N–H and O–H groups in total. The molecule has 0 saturated carbocycles. The largest absolute Gasteiger partial charge is 0.459 e. The average Bonchev–Trinajstić information content (AvgIpc) is 2.53. The predicted molar refractivity (Wildman–Crippen MR) is 91.3 cm³/mol. The Labute approximate surface area is 151 Å². The van der Waals surface area contributed by atoms with Gasteiger partial charge in [0.25, 0.3) is 5.91 Å². The summed E-state index contributed by atoms with van der Waals surface area (Å²) in [4.78, 5) is 28.0. The number of hydrogen-bond donors (Lipinski definition) is 0. The second kappa shape index (κ2) is 8.44. The quantitative estimate of drug-likeness (QED) is 0.745. The van der Waals surface area contributed by atoms with E-state index in [2.05, 4.69) is 4.74 Å². The summed E-state index contributed by atoms with van der Waals surface area (Å²) in [5.41, 5.74) is -0.433. The molecule has 8 heteroatoms. The van der Waals surface area contributed by atoms with E-state index in [0.29, 0.717) is 26.2 Å². The van der Waals surface area contributed by atoms with Crippen molar-refractivity contribution in [2.24, 2.45) is 0 Å². The number of benzene rings is 1. The minimum atomic E-state index is -2.99. The van der Waals surface area contributed by atoms with Gasteiger partial charge in [0.15, 0.2) is 0 Å². The molecule has 1 aliphatic heterocycles. The highest BCUT2D eigenvalue weighted by Crippen LogP contribution is 2.22. The monoisotopic (exact) mass is 370 g/mol. The highest BCUT2D eigenvalue weighted by Gasteiger charge is 2.27. The molecule has 0 unspecified atom stereocenters. The Balaban J connectivity index is 1.92. The fraction of sp³-hybridized carbons (Fsp3) is 0.556. The molecular formula is C18H24F2N2O4. The van der Waals surface area contributed by atoms with Gasteiger partial charge in [-0.25, -0.2) is 0 Å². The molecule has 0 bridgehead atoms. The van der Waals surface area contributed by atoms with Crippen molar-refractivity contribution in [1.82, 2.24) is 9.80 Å². The summed E-state index contributed by atoms with van der Waals surface area (Å²) in [5, 5.41) is 0. The van der Waals surface area contributed by atoms with E-state index in [4.69, 9.17) is 4.74 Å². The summed E-state index contributed by atoms with van der Waals surface area (Å²) in [6, 6.07) is 5.95. The third-order valence-electron chi connectivity index (χ3n) is 3.77. The van der Waals surface area contributed by atoms with Crippen LogP contribution in [0.1, 0.15) is 31.1 Å². The minimum Gasteiger partial charge on any atom is -0.459 e. The molecule has 1 saturated heterocycles. The van der Waals surface area contributed by atoms with Crippen molar-refractivity contribution < 1.29 is 27.8 Å². The highest BCUT2D eigenvalue weighted by molar-refractivity contribution is 5.97. The maximum absolute atomic E-state index is 12.6. The molecule has 2 rings (SSSR count). The Morgan fingerprint density at radius 1 is 1.12 bits per heavy atom. The molecule has 1 aliphatic rings. The van der Waals surface area contributed by atoms with Crippen LogP contribution in [0.3, 0.4) is 0 Å². The van der Waals surface area contributed by atoms with E-state index in [1.54, 1.807) is 31.7 Å². The Hall–Kier alpha value is -2.22. The first-order chi connectivity index (χ1) is 12.2. The lowest BCUT2D eigenvalue weighted by atomic mass is 10.1. The minimum absolute atomic E-state index is 0.105. The zero-order valence-electron chi connectivity index (χ0n) is 15.2. The zero-order valence-corrected chi connectivity index (χ0v) is 15.2.